The fraction of sp³-hybridized carbons (Fsp3) is 0.400. The lowest BCUT2D eigenvalue weighted by Crippen LogP contribution is -2.33. The van der Waals surface area contributed by atoms with Gasteiger partial charge >= 0.3 is 5.97 Å². The molecule has 0 aliphatic carbocycles. The van der Waals surface area contributed by atoms with E-state index < -0.39 is 29.2 Å². The Balaban J connectivity index is 1.59. The topological polar surface area (TPSA) is 148 Å². The van der Waals surface area contributed by atoms with E-state index >= 15 is 0 Å². The number of esters is 1. The van der Waals surface area contributed by atoms with Crippen molar-refractivity contribution >= 4 is 33.1 Å². The molecule has 1 N–H and O–H groups in total. The Morgan fingerprint density at radius 1 is 1.41 bits per heavy atom. The van der Waals surface area contributed by atoms with E-state index in [1.165, 1.54) is 6.33 Å². The lowest BCUT2D eigenvalue weighted by Gasteiger charge is -2.22. The van der Waals surface area contributed by atoms with Gasteiger partial charge in [0.05, 0.1) is 23.8 Å². The Morgan fingerprint density at radius 2 is 2.19 bits per heavy atom. The number of benzene rings is 1. The highest BCUT2D eigenvalue weighted by Crippen LogP contribution is 2.37. The molecule has 0 amide bonds. The van der Waals surface area contributed by atoms with Crippen LogP contribution in [0.1, 0.15) is 24.0 Å². The highest BCUT2D eigenvalue weighted by atomic mass is 79.9. The maximum atomic E-state index is 12.6. The van der Waals surface area contributed by atoms with Crippen LogP contribution in [0.15, 0.2) is 46.6 Å². The van der Waals surface area contributed by atoms with Crippen LogP contribution in [0.3, 0.4) is 0 Å². The molecule has 1 aliphatic heterocycles. The number of H-pyrrole nitrogens is 1. The van der Waals surface area contributed by atoms with Gasteiger partial charge in [0.2, 0.25) is 0 Å². The van der Waals surface area contributed by atoms with Crippen LogP contribution in [0.5, 0.6) is 0 Å². The van der Waals surface area contributed by atoms with E-state index in [0.717, 1.165) is 5.56 Å². The van der Waals surface area contributed by atoms with E-state index in [4.69, 9.17) is 15.0 Å². The molecule has 0 saturated carbocycles. The van der Waals surface area contributed by atoms with Crippen molar-refractivity contribution in [3.8, 4) is 0 Å². The Kier molecular flexibility index (Phi) is 6.54. The largest absolute Gasteiger partial charge is 0.456 e. The van der Waals surface area contributed by atoms with Crippen LogP contribution in [-0.4, -0.2) is 49.1 Å². The van der Waals surface area contributed by atoms with E-state index in [9.17, 15) is 9.59 Å². The number of halogens is 1. The highest BCUT2D eigenvalue weighted by molar-refractivity contribution is 9.09. The molecule has 3 heterocycles. The predicted molar refractivity (Wildman–Crippen MR) is 118 cm³/mol. The number of aryl methyl sites for hydroxylation is 2. The summed E-state index contributed by atoms with van der Waals surface area (Å²) in [6.45, 7) is 1.70. The molecule has 1 fully saturated rings. The number of carbonyl (C=O) groups is 1. The van der Waals surface area contributed by atoms with Crippen LogP contribution in [0.4, 0.5) is 0 Å². The van der Waals surface area contributed by atoms with Gasteiger partial charge in [-0.05, 0) is 24.4 Å². The number of hydrogen-bond donors (Lipinski definition) is 1. The molecule has 0 spiro atoms. The molecule has 4 atom stereocenters. The van der Waals surface area contributed by atoms with Crippen molar-refractivity contribution < 1.29 is 14.3 Å². The number of azide groups is 1. The fourth-order valence-corrected chi connectivity index (χ4v) is 4.29. The summed E-state index contributed by atoms with van der Waals surface area (Å²) in [6, 6.07) is 9.63. The lowest BCUT2D eigenvalue weighted by molar-refractivity contribution is -0.154. The Hall–Kier alpha value is -3.21. The maximum absolute atomic E-state index is 12.6. The number of nitrogens with zero attached hydrogens (tertiary/aromatic N) is 6. The van der Waals surface area contributed by atoms with Gasteiger partial charge in [0.1, 0.15) is 5.82 Å². The second-order valence-electron chi connectivity index (χ2n) is 7.34. The third-order valence-corrected chi connectivity index (χ3v) is 6.25. The summed E-state index contributed by atoms with van der Waals surface area (Å²) >= 11 is 3.54. The van der Waals surface area contributed by atoms with Gasteiger partial charge in [-0.1, -0.05) is 51.4 Å². The number of rotatable bonds is 7. The van der Waals surface area contributed by atoms with Crippen LogP contribution < -0.4 is 5.56 Å². The molecule has 12 heteroatoms. The molecular formula is C20H20BrN7O4. The van der Waals surface area contributed by atoms with E-state index in [1.54, 1.807) is 11.5 Å². The minimum absolute atomic E-state index is 0.0423. The Bertz CT molecular complexity index is 1220. The number of hydrogen-bond acceptors (Lipinski definition) is 7. The van der Waals surface area contributed by atoms with Gasteiger partial charge in [0.25, 0.3) is 5.56 Å². The summed E-state index contributed by atoms with van der Waals surface area (Å²) in [7, 11) is 0. The first-order chi connectivity index (χ1) is 15.5. The van der Waals surface area contributed by atoms with Crippen molar-refractivity contribution in [1.29, 1.82) is 0 Å². The zero-order valence-electron chi connectivity index (χ0n) is 17.1. The predicted octanol–water partition coefficient (Wildman–Crippen LogP) is 2.94. The standard InChI is InChI=1S/C20H20BrN7O4/c1-11-25-18-16(19(30)26-11)23-10-28(18)20-17(15(21)13(31-20)9-24-27-22)32-14(29)8-7-12-5-3-2-4-6-12/h2-6,10,13,15,17,20H,7-9H2,1H3,(H,25,26,30)/t13-,15?,17+,20-/m1/s1. The fourth-order valence-electron chi connectivity index (χ4n) is 3.63. The molecule has 1 aromatic carbocycles. The van der Waals surface area contributed by atoms with Crippen LogP contribution >= 0.6 is 15.9 Å². The first kappa shape index (κ1) is 22.0. The molecule has 3 aromatic rings. The average molecular weight is 502 g/mol. The third kappa shape index (κ3) is 4.52. The third-order valence-electron chi connectivity index (χ3n) is 5.14. The number of fused-ring (bicyclic) bond motifs is 1. The molecule has 1 unspecified atom stereocenters. The summed E-state index contributed by atoms with van der Waals surface area (Å²) in [5.41, 5.74) is 9.81. The van der Waals surface area contributed by atoms with Crippen LogP contribution in [0.2, 0.25) is 0 Å². The van der Waals surface area contributed by atoms with Gasteiger partial charge in [-0.25, -0.2) is 9.97 Å². The first-order valence-electron chi connectivity index (χ1n) is 9.95. The van der Waals surface area contributed by atoms with Crippen molar-refractivity contribution in [1.82, 2.24) is 19.5 Å². The van der Waals surface area contributed by atoms with Gasteiger partial charge in [0.15, 0.2) is 23.5 Å². The summed E-state index contributed by atoms with van der Waals surface area (Å²) in [5, 5.41) is 3.59. The number of aromatic nitrogens is 4. The number of alkyl halides is 1. The summed E-state index contributed by atoms with van der Waals surface area (Å²) in [4.78, 5) is 38.3. The smallest absolute Gasteiger partial charge is 0.306 e. The molecule has 1 aliphatic rings. The lowest BCUT2D eigenvalue weighted by atomic mass is 10.1. The SMILES string of the molecule is Cc1nc2c(ncn2[C@@H]2O[C@H](CN=[N+]=[N-])C(Br)[C@@H]2OC(=O)CCc2ccccc2)c(=O)[nH]1. The Morgan fingerprint density at radius 3 is 2.94 bits per heavy atom. The average Bonchev–Trinajstić information content (AvgIpc) is 3.33. The molecule has 4 rings (SSSR count). The molecule has 0 radical (unpaired) electrons. The molecule has 0 bridgehead atoms. The minimum atomic E-state index is -0.808. The number of aromatic amines is 1. The molecule has 166 valence electrons. The maximum Gasteiger partial charge on any atom is 0.306 e. The van der Waals surface area contributed by atoms with Crippen molar-refractivity contribution in [3.63, 3.8) is 0 Å². The summed E-state index contributed by atoms with van der Waals surface area (Å²) < 4.78 is 13.4. The Labute approximate surface area is 190 Å². The monoisotopic (exact) mass is 501 g/mol. The van der Waals surface area contributed by atoms with E-state index in [2.05, 4.69) is 40.9 Å². The molecule has 32 heavy (non-hydrogen) atoms. The molecule has 1 saturated heterocycles. The summed E-state index contributed by atoms with van der Waals surface area (Å²) in [6.07, 6.45) is 0.0431. The number of imidazole rings is 1. The summed E-state index contributed by atoms with van der Waals surface area (Å²) in [5.74, 6) is 0.0208. The van der Waals surface area contributed by atoms with Crippen LogP contribution in [-0.2, 0) is 20.7 Å². The van der Waals surface area contributed by atoms with Gasteiger partial charge in [-0.15, -0.1) is 0 Å². The van der Waals surface area contributed by atoms with Gasteiger partial charge in [0, 0.05) is 11.3 Å². The molecule has 11 nitrogen and oxygen atoms in total. The van der Waals surface area contributed by atoms with Gasteiger partial charge < -0.3 is 14.5 Å². The number of nitrogens with one attached hydrogen (secondary N) is 1. The molecule has 2 aromatic heterocycles. The zero-order chi connectivity index (χ0) is 22.7. The van der Waals surface area contributed by atoms with E-state index in [-0.39, 0.29) is 24.0 Å². The van der Waals surface area contributed by atoms with E-state index in [1.807, 2.05) is 30.3 Å². The van der Waals surface area contributed by atoms with Crippen molar-refractivity contribution in [2.75, 3.05) is 6.54 Å². The molecular weight excluding hydrogens is 482 g/mol. The second kappa shape index (κ2) is 9.51. The normalized spacial score (nSPS) is 22.6. The second-order valence-corrected chi connectivity index (χ2v) is 8.40. The van der Waals surface area contributed by atoms with E-state index in [0.29, 0.717) is 17.9 Å². The zero-order valence-corrected chi connectivity index (χ0v) is 18.7. The van der Waals surface area contributed by atoms with Crippen LogP contribution in [0, 0.1) is 6.92 Å². The number of carbonyl (C=O) groups excluding carboxylic acids is 1. The minimum Gasteiger partial charge on any atom is -0.456 e. The first-order valence-corrected chi connectivity index (χ1v) is 10.9. The van der Waals surface area contributed by atoms with Crippen LogP contribution in [0.25, 0.3) is 21.6 Å². The van der Waals surface area contributed by atoms with Gasteiger partial charge in [-0.2, -0.15) is 0 Å². The van der Waals surface area contributed by atoms with Crippen molar-refractivity contribution in [3.05, 3.63) is 68.8 Å². The van der Waals surface area contributed by atoms with Crippen molar-refractivity contribution in [2.24, 2.45) is 5.11 Å². The highest BCUT2D eigenvalue weighted by Gasteiger charge is 2.47. The quantitative estimate of drug-likeness (QED) is 0.173. The number of ether oxygens (including phenoxy) is 2. The van der Waals surface area contributed by atoms with Gasteiger partial charge in [-0.3, -0.25) is 14.2 Å². The van der Waals surface area contributed by atoms with Crippen molar-refractivity contribution in [2.45, 2.75) is 43.0 Å².